The average Bonchev–Trinajstić information content (AvgIpc) is 2.81. The standard InChI is InChI=1S/C13H19N3O/c1-2-11-15-12(9-13(17)16-11)14-8-7-10-5-3-4-6-10/h5,9H,2-4,6-8H2,1H3,(H2,14,15,16,17). The van der Waals surface area contributed by atoms with Crippen molar-refractivity contribution in [3.05, 3.63) is 33.9 Å². The first-order valence-corrected chi connectivity index (χ1v) is 6.30. The van der Waals surface area contributed by atoms with Crippen LogP contribution >= 0.6 is 0 Å². The summed E-state index contributed by atoms with van der Waals surface area (Å²) in [7, 11) is 0. The number of H-pyrrole nitrogens is 1. The number of allylic oxidation sites excluding steroid dienone is 1. The number of hydrogen-bond donors (Lipinski definition) is 2. The van der Waals surface area contributed by atoms with Crippen molar-refractivity contribution in [2.45, 2.75) is 39.0 Å². The summed E-state index contributed by atoms with van der Waals surface area (Å²) in [4.78, 5) is 18.4. The van der Waals surface area contributed by atoms with Gasteiger partial charge in [-0.3, -0.25) is 4.79 Å². The molecule has 0 amide bonds. The molecule has 1 aliphatic rings. The fourth-order valence-electron chi connectivity index (χ4n) is 2.08. The lowest BCUT2D eigenvalue weighted by Gasteiger charge is -2.06. The van der Waals surface area contributed by atoms with Gasteiger partial charge in [0.2, 0.25) is 0 Å². The highest BCUT2D eigenvalue weighted by atomic mass is 16.1. The minimum Gasteiger partial charge on any atom is -0.370 e. The minimum atomic E-state index is -0.0839. The summed E-state index contributed by atoms with van der Waals surface area (Å²) in [5, 5.41) is 3.22. The molecule has 2 rings (SSSR count). The number of aromatic amines is 1. The second kappa shape index (κ2) is 5.66. The Morgan fingerprint density at radius 3 is 3.12 bits per heavy atom. The molecule has 0 aromatic carbocycles. The van der Waals surface area contributed by atoms with Gasteiger partial charge >= 0.3 is 0 Å². The van der Waals surface area contributed by atoms with E-state index in [1.807, 2.05) is 6.92 Å². The summed E-state index contributed by atoms with van der Waals surface area (Å²) in [6, 6.07) is 1.52. The van der Waals surface area contributed by atoms with Crippen LogP contribution < -0.4 is 10.9 Å². The fraction of sp³-hybridized carbons (Fsp3) is 0.538. The monoisotopic (exact) mass is 233 g/mol. The number of hydrogen-bond acceptors (Lipinski definition) is 3. The van der Waals surface area contributed by atoms with Crippen LogP contribution in [0, 0.1) is 0 Å². The number of aryl methyl sites for hydroxylation is 1. The van der Waals surface area contributed by atoms with Crippen LogP contribution in [0.1, 0.15) is 38.4 Å². The van der Waals surface area contributed by atoms with E-state index in [-0.39, 0.29) is 5.56 Å². The zero-order chi connectivity index (χ0) is 12.1. The van der Waals surface area contributed by atoms with E-state index in [9.17, 15) is 4.79 Å². The zero-order valence-corrected chi connectivity index (χ0v) is 10.3. The summed E-state index contributed by atoms with van der Waals surface area (Å²) in [5.41, 5.74) is 1.44. The van der Waals surface area contributed by atoms with E-state index in [1.54, 1.807) is 0 Å². The van der Waals surface area contributed by atoms with Gasteiger partial charge in [0, 0.05) is 19.0 Å². The SMILES string of the molecule is CCc1nc(NCCC2=CCCC2)cc(=O)[nH]1. The lowest BCUT2D eigenvalue weighted by Crippen LogP contribution is -2.14. The van der Waals surface area contributed by atoms with Crippen molar-refractivity contribution in [2.75, 3.05) is 11.9 Å². The molecule has 0 radical (unpaired) electrons. The average molecular weight is 233 g/mol. The highest BCUT2D eigenvalue weighted by Gasteiger charge is 2.04. The van der Waals surface area contributed by atoms with E-state index >= 15 is 0 Å². The molecule has 4 nitrogen and oxygen atoms in total. The predicted molar refractivity (Wildman–Crippen MR) is 69.3 cm³/mol. The van der Waals surface area contributed by atoms with Crippen LogP contribution in [0.3, 0.4) is 0 Å². The summed E-state index contributed by atoms with van der Waals surface area (Å²) in [6.45, 7) is 2.83. The first-order chi connectivity index (χ1) is 8.28. The van der Waals surface area contributed by atoms with E-state index in [4.69, 9.17) is 0 Å². The largest absolute Gasteiger partial charge is 0.370 e. The Bertz CT molecular complexity index is 462. The molecule has 0 spiro atoms. The summed E-state index contributed by atoms with van der Waals surface area (Å²) >= 11 is 0. The molecule has 1 aromatic rings. The molecular formula is C13H19N3O. The van der Waals surface area contributed by atoms with Gasteiger partial charge in [0.25, 0.3) is 5.56 Å². The van der Waals surface area contributed by atoms with Crippen LogP contribution in [0.15, 0.2) is 22.5 Å². The van der Waals surface area contributed by atoms with Gasteiger partial charge in [0.1, 0.15) is 11.6 Å². The summed E-state index contributed by atoms with van der Waals surface area (Å²) in [6.07, 6.45) is 7.86. The van der Waals surface area contributed by atoms with E-state index in [2.05, 4.69) is 21.4 Å². The molecule has 17 heavy (non-hydrogen) atoms. The van der Waals surface area contributed by atoms with Crippen LogP contribution in [0.4, 0.5) is 5.82 Å². The van der Waals surface area contributed by atoms with Crippen molar-refractivity contribution >= 4 is 5.82 Å². The second-order valence-electron chi connectivity index (χ2n) is 4.36. The normalized spacial score (nSPS) is 14.8. The molecule has 0 saturated carbocycles. The van der Waals surface area contributed by atoms with Crippen molar-refractivity contribution < 1.29 is 0 Å². The first kappa shape index (κ1) is 11.9. The van der Waals surface area contributed by atoms with E-state index in [0.717, 1.165) is 25.2 Å². The third-order valence-corrected chi connectivity index (χ3v) is 3.01. The lowest BCUT2D eigenvalue weighted by atomic mass is 10.2. The molecule has 92 valence electrons. The molecule has 0 aliphatic heterocycles. The van der Waals surface area contributed by atoms with Crippen molar-refractivity contribution in [1.29, 1.82) is 0 Å². The van der Waals surface area contributed by atoms with Gasteiger partial charge in [-0.2, -0.15) is 0 Å². The van der Waals surface area contributed by atoms with E-state index < -0.39 is 0 Å². The molecule has 0 bridgehead atoms. The second-order valence-corrected chi connectivity index (χ2v) is 4.36. The van der Waals surface area contributed by atoms with Gasteiger partial charge in [-0.25, -0.2) is 4.98 Å². The van der Waals surface area contributed by atoms with Gasteiger partial charge in [-0.1, -0.05) is 18.6 Å². The molecule has 4 heteroatoms. The molecule has 0 saturated heterocycles. The zero-order valence-electron chi connectivity index (χ0n) is 10.3. The van der Waals surface area contributed by atoms with Gasteiger partial charge < -0.3 is 10.3 Å². The summed E-state index contributed by atoms with van der Waals surface area (Å²) < 4.78 is 0. The molecule has 1 aromatic heterocycles. The Hall–Kier alpha value is -1.58. The smallest absolute Gasteiger partial charge is 0.252 e. The number of nitrogens with zero attached hydrogens (tertiary/aromatic N) is 1. The van der Waals surface area contributed by atoms with Crippen LogP contribution in [0.2, 0.25) is 0 Å². The van der Waals surface area contributed by atoms with Gasteiger partial charge in [-0.15, -0.1) is 0 Å². The van der Waals surface area contributed by atoms with Crippen LogP contribution in [0.25, 0.3) is 0 Å². The number of aromatic nitrogens is 2. The van der Waals surface area contributed by atoms with E-state index in [0.29, 0.717) is 5.82 Å². The molecule has 0 unspecified atom stereocenters. The van der Waals surface area contributed by atoms with Crippen LogP contribution in [-0.4, -0.2) is 16.5 Å². The maximum absolute atomic E-state index is 11.3. The number of rotatable bonds is 5. The van der Waals surface area contributed by atoms with Crippen LogP contribution in [0.5, 0.6) is 0 Å². The third-order valence-electron chi connectivity index (χ3n) is 3.01. The number of anilines is 1. The maximum Gasteiger partial charge on any atom is 0.252 e. The van der Waals surface area contributed by atoms with Crippen molar-refractivity contribution in [3.63, 3.8) is 0 Å². The van der Waals surface area contributed by atoms with Crippen molar-refractivity contribution in [1.82, 2.24) is 9.97 Å². The Labute approximate surface area is 101 Å². The van der Waals surface area contributed by atoms with Crippen molar-refractivity contribution in [3.8, 4) is 0 Å². The van der Waals surface area contributed by atoms with E-state index in [1.165, 1.54) is 30.9 Å². The molecule has 2 N–H and O–H groups in total. The van der Waals surface area contributed by atoms with Crippen molar-refractivity contribution in [2.24, 2.45) is 0 Å². The van der Waals surface area contributed by atoms with Crippen LogP contribution in [-0.2, 0) is 6.42 Å². The Kier molecular flexibility index (Phi) is 3.96. The third kappa shape index (κ3) is 3.44. The Morgan fingerprint density at radius 2 is 2.41 bits per heavy atom. The Morgan fingerprint density at radius 1 is 1.53 bits per heavy atom. The lowest BCUT2D eigenvalue weighted by molar-refractivity contribution is 0.857. The summed E-state index contributed by atoms with van der Waals surface area (Å²) in [5.74, 6) is 1.42. The first-order valence-electron chi connectivity index (χ1n) is 6.30. The van der Waals surface area contributed by atoms with Gasteiger partial charge in [0.05, 0.1) is 0 Å². The highest BCUT2D eigenvalue weighted by Crippen LogP contribution is 2.20. The molecule has 0 atom stereocenters. The van der Waals surface area contributed by atoms with Gasteiger partial charge in [-0.05, 0) is 25.7 Å². The minimum absolute atomic E-state index is 0.0839. The number of nitrogens with one attached hydrogen (secondary N) is 2. The maximum atomic E-state index is 11.3. The Balaban J connectivity index is 1.89. The quantitative estimate of drug-likeness (QED) is 0.767. The molecular weight excluding hydrogens is 214 g/mol. The topological polar surface area (TPSA) is 57.8 Å². The predicted octanol–water partition coefficient (Wildman–Crippen LogP) is 2.24. The van der Waals surface area contributed by atoms with Gasteiger partial charge in [0.15, 0.2) is 0 Å². The molecule has 1 aliphatic carbocycles. The molecule has 0 fully saturated rings. The fourth-order valence-corrected chi connectivity index (χ4v) is 2.08. The molecule has 1 heterocycles. The highest BCUT2D eigenvalue weighted by molar-refractivity contribution is 5.33.